The van der Waals surface area contributed by atoms with Gasteiger partial charge in [0.2, 0.25) is 11.8 Å². The van der Waals surface area contributed by atoms with Gasteiger partial charge in [-0.15, -0.1) is 0 Å². The first-order chi connectivity index (χ1) is 7.18. The van der Waals surface area contributed by atoms with Crippen LogP contribution in [0.4, 0.5) is 4.79 Å². The molecule has 0 unspecified atom stereocenters. The molecule has 5 nitrogen and oxygen atoms in total. The van der Waals surface area contributed by atoms with E-state index in [-0.39, 0.29) is 5.92 Å². The van der Waals surface area contributed by atoms with Crippen molar-refractivity contribution in [3.8, 4) is 0 Å². The van der Waals surface area contributed by atoms with Crippen molar-refractivity contribution >= 4 is 17.8 Å². The zero-order chi connectivity index (χ0) is 10.8. The number of rotatable bonds is 1. The second-order valence-corrected chi connectivity index (χ2v) is 4.18. The molecule has 15 heavy (non-hydrogen) atoms. The molecule has 0 aromatic carbocycles. The van der Waals surface area contributed by atoms with Crippen LogP contribution < -0.4 is 10.6 Å². The van der Waals surface area contributed by atoms with Crippen molar-refractivity contribution in [3.63, 3.8) is 0 Å². The van der Waals surface area contributed by atoms with Crippen LogP contribution in [0.5, 0.6) is 0 Å². The standard InChI is InChI=1S/C10H14N2O3/c13-8-7(6-4-2-1-3-5-6)9(14)12-10(15)11-8/h6-7H,1-5H2,(H2,11,12,13,14,15). The fraction of sp³-hybridized carbons (Fsp3) is 0.700. The Hall–Kier alpha value is -1.39. The van der Waals surface area contributed by atoms with Crippen LogP contribution in [0.15, 0.2) is 0 Å². The van der Waals surface area contributed by atoms with E-state index in [2.05, 4.69) is 10.6 Å². The molecule has 1 saturated carbocycles. The minimum atomic E-state index is -0.697. The van der Waals surface area contributed by atoms with Gasteiger partial charge in [-0.2, -0.15) is 0 Å². The molecule has 1 aliphatic carbocycles. The van der Waals surface area contributed by atoms with Crippen molar-refractivity contribution in [3.05, 3.63) is 0 Å². The zero-order valence-electron chi connectivity index (χ0n) is 8.41. The van der Waals surface area contributed by atoms with Crippen molar-refractivity contribution in [1.82, 2.24) is 10.6 Å². The first kappa shape index (κ1) is 10.1. The summed E-state index contributed by atoms with van der Waals surface area (Å²) in [6.45, 7) is 0. The third-order valence-corrected chi connectivity index (χ3v) is 3.16. The lowest BCUT2D eigenvalue weighted by Crippen LogP contribution is -2.57. The molecule has 5 heteroatoms. The van der Waals surface area contributed by atoms with E-state index in [4.69, 9.17) is 0 Å². The van der Waals surface area contributed by atoms with Crippen molar-refractivity contribution in [2.45, 2.75) is 32.1 Å². The molecule has 4 amide bonds. The maximum absolute atomic E-state index is 11.5. The van der Waals surface area contributed by atoms with E-state index < -0.39 is 23.8 Å². The highest BCUT2D eigenvalue weighted by Crippen LogP contribution is 2.31. The third-order valence-electron chi connectivity index (χ3n) is 3.16. The quantitative estimate of drug-likeness (QED) is 0.620. The van der Waals surface area contributed by atoms with Crippen LogP contribution in [0.1, 0.15) is 32.1 Å². The molecule has 2 N–H and O–H groups in total. The number of amides is 4. The molecule has 2 aliphatic rings. The van der Waals surface area contributed by atoms with Gasteiger partial charge in [-0.05, 0) is 18.8 Å². The van der Waals surface area contributed by atoms with Gasteiger partial charge in [-0.25, -0.2) is 4.79 Å². The first-order valence-electron chi connectivity index (χ1n) is 5.34. The molecule has 2 rings (SSSR count). The Bertz CT molecular complexity index is 288. The SMILES string of the molecule is O=C1NC(=O)C(C2CCCCC2)C(=O)N1. The number of urea groups is 1. The topological polar surface area (TPSA) is 75.3 Å². The Morgan fingerprint density at radius 2 is 1.40 bits per heavy atom. The van der Waals surface area contributed by atoms with Gasteiger partial charge in [0.25, 0.3) is 0 Å². The fourth-order valence-electron chi connectivity index (χ4n) is 2.43. The molecular formula is C10H14N2O3. The average Bonchev–Trinajstić information content (AvgIpc) is 2.17. The molecule has 1 aliphatic heterocycles. The van der Waals surface area contributed by atoms with Crippen molar-refractivity contribution in [2.75, 3.05) is 0 Å². The summed E-state index contributed by atoms with van der Waals surface area (Å²) < 4.78 is 0. The first-order valence-corrected chi connectivity index (χ1v) is 5.34. The summed E-state index contributed by atoms with van der Waals surface area (Å²) in [5.41, 5.74) is 0. The van der Waals surface area contributed by atoms with Crippen molar-refractivity contribution in [2.24, 2.45) is 11.8 Å². The molecule has 1 heterocycles. The van der Waals surface area contributed by atoms with E-state index in [0.717, 1.165) is 25.7 Å². The molecule has 1 saturated heterocycles. The van der Waals surface area contributed by atoms with Gasteiger partial charge in [-0.1, -0.05) is 19.3 Å². The Morgan fingerprint density at radius 1 is 0.867 bits per heavy atom. The summed E-state index contributed by atoms with van der Waals surface area (Å²) in [6.07, 6.45) is 5.11. The van der Waals surface area contributed by atoms with Crippen LogP contribution in [0, 0.1) is 11.8 Å². The van der Waals surface area contributed by atoms with E-state index >= 15 is 0 Å². The van der Waals surface area contributed by atoms with E-state index in [0.29, 0.717) is 0 Å². The van der Waals surface area contributed by atoms with Crippen LogP contribution in [0.25, 0.3) is 0 Å². The number of barbiturate groups is 1. The van der Waals surface area contributed by atoms with Crippen molar-refractivity contribution < 1.29 is 14.4 Å². The molecule has 0 radical (unpaired) electrons. The number of imide groups is 2. The van der Waals surface area contributed by atoms with Crippen LogP contribution >= 0.6 is 0 Å². The van der Waals surface area contributed by atoms with Gasteiger partial charge in [-0.3, -0.25) is 20.2 Å². The van der Waals surface area contributed by atoms with Crippen LogP contribution in [0.3, 0.4) is 0 Å². The van der Waals surface area contributed by atoms with Crippen molar-refractivity contribution in [1.29, 1.82) is 0 Å². The van der Waals surface area contributed by atoms with E-state index in [1.54, 1.807) is 0 Å². The molecule has 0 aromatic rings. The summed E-state index contributed by atoms with van der Waals surface area (Å²) in [5, 5.41) is 4.29. The van der Waals surface area contributed by atoms with Gasteiger partial charge in [0.15, 0.2) is 0 Å². The third kappa shape index (κ3) is 2.00. The number of carbonyl (C=O) groups is 3. The molecule has 0 spiro atoms. The zero-order valence-corrected chi connectivity index (χ0v) is 8.41. The second-order valence-electron chi connectivity index (χ2n) is 4.18. The van der Waals surface area contributed by atoms with Crippen LogP contribution in [0.2, 0.25) is 0 Å². The lowest BCUT2D eigenvalue weighted by molar-refractivity contribution is -0.138. The summed E-state index contributed by atoms with van der Waals surface area (Å²) in [4.78, 5) is 33.9. The summed E-state index contributed by atoms with van der Waals surface area (Å²) in [6, 6.07) is -0.697. The molecule has 0 bridgehead atoms. The van der Waals surface area contributed by atoms with Gasteiger partial charge in [0, 0.05) is 0 Å². The van der Waals surface area contributed by atoms with Crippen LogP contribution in [-0.2, 0) is 9.59 Å². The predicted molar refractivity (Wildman–Crippen MR) is 51.7 cm³/mol. The number of carbonyl (C=O) groups excluding carboxylic acids is 3. The molecule has 0 aromatic heterocycles. The maximum atomic E-state index is 11.5. The predicted octanol–water partition coefficient (Wildman–Crippen LogP) is 0.549. The summed E-state index contributed by atoms with van der Waals surface area (Å²) >= 11 is 0. The molecule has 2 fully saturated rings. The largest absolute Gasteiger partial charge is 0.328 e. The Balaban J connectivity index is 2.09. The van der Waals surface area contributed by atoms with Gasteiger partial charge in [0.05, 0.1) is 0 Å². The normalized spacial score (nSPS) is 24.9. The highest BCUT2D eigenvalue weighted by atomic mass is 16.2. The van der Waals surface area contributed by atoms with Gasteiger partial charge < -0.3 is 0 Å². The average molecular weight is 210 g/mol. The Kier molecular flexibility index (Phi) is 2.70. The highest BCUT2D eigenvalue weighted by Gasteiger charge is 2.40. The minimum Gasteiger partial charge on any atom is -0.277 e. The fourth-order valence-corrected chi connectivity index (χ4v) is 2.43. The van der Waals surface area contributed by atoms with E-state index in [9.17, 15) is 14.4 Å². The van der Waals surface area contributed by atoms with Crippen LogP contribution in [-0.4, -0.2) is 17.8 Å². The lowest BCUT2D eigenvalue weighted by Gasteiger charge is -2.30. The molecule has 0 atom stereocenters. The number of hydrogen-bond acceptors (Lipinski definition) is 3. The van der Waals surface area contributed by atoms with Gasteiger partial charge >= 0.3 is 6.03 Å². The van der Waals surface area contributed by atoms with E-state index in [1.165, 1.54) is 6.42 Å². The number of nitrogens with one attached hydrogen (secondary N) is 2. The lowest BCUT2D eigenvalue weighted by atomic mass is 9.78. The maximum Gasteiger partial charge on any atom is 0.328 e. The van der Waals surface area contributed by atoms with E-state index in [1.807, 2.05) is 0 Å². The Morgan fingerprint density at radius 3 is 1.93 bits per heavy atom. The minimum absolute atomic E-state index is 0.104. The Labute approximate surface area is 87.6 Å². The monoisotopic (exact) mass is 210 g/mol. The smallest absolute Gasteiger partial charge is 0.277 e. The summed E-state index contributed by atoms with van der Waals surface area (Å²) in [7, 11) is 0. The second kappa shape index (κ2) is 4.00. The van der Waals surface area contributed by atoms with Gasteiger partial charge in [0.1, 0.15) is 5.92 Å². The molecular weight excluding hydrogens is 196 g/mol. The summed E-state index contributed by atoms with van der Waals surface area (Å²) in [5.74, 6) is -1.43. The highest BCUT2D eigenvalue weighted by molar-refractivity contribution is 6.16. The molecule has 82 valence electrons. The number of hydrogen-bond donors (Lipinski definition) is 2.